The molecule has 0 saturated carbocycles. The van der Waals surface area contributed by atoms with Crippen LogP contribution in [0.4, 0.5) is 0 Å². The van der Waals surface area contributed by atoms with Crippen LogP contribution in [0.2, 0.25) is 0 Å². The van der Waals surface area contributed by atoms with Gasteiger partial charge in [0.2, 0.25) is 0 Å². The van der Waals surface area contributed by atoms with E-state index in [0.717, 1.165) is 35.0 Å². The lowest BCUT2D eigenvalue weighted by molar-refractivity contribution is 0.112. The smallest absolute Gasteiger partial charge is 0.153 e. The number of aromatic amines is 1. The van der Waals surface area contributed by atoms with E-state index in [1.165, 1.54) is 56.1 Å². The van der Waals surface area contributed by atoms with E-state index in [1.807, 2.05) is 24.4 Å². The van der Waals surface area contributed by atoms with Gasteiger partial charge in [-0.05, 0) is 38.1 Å². The number of likely N-dealkylation sites (tertiary alicyclic amines) is 1. The largest absolute Gasteiger partial charge is 0.454 e. The zero-order valence-corrected chi connectivity index (χ0v) is 16.4. The molecule has 0 spiro atoms. The van der Waals surface area contributed by atoms with Gasteiger partial charge < -0.3 is 4.42 Å². The summed E-state index contributed by atoms with van der Waals surface area (Å²) in [5, 5.41) is 8.59. The fourth-order valence-electron chi connectivity index (χ4n) is 4.38. The zero-order chi connectivity index (χ0) is 18.1. The van der Waals surface area contributed by atoms with E-state index in [2.05, 4.69) is 43.9 Å². The normalized spacial score (nSPS) is 20.4. The second-order valence-corrected chi connectivity index (χ2v) is 8.80. The highest BCUT2D eigenvalue weighted by molar-refractivity contribution is 7.99. The van der Waals surface area contributed by atoms with Crippen molar-refractivity contribution in [2.24, 2.45) is 0 Å². The van der Waals surface area contributed by atoms with Crippen molar-refractivity contribution < 1.29 is 4.42 Å². The molecule has 2 fully saturated rings. The van der Waals surface area contributed by atoms with E-state index in [-0.39, 0.29) is 0 Å². The lowest BCUT2D eigenvalue weighted by atomic mass is 10.0. The Morgan fingerprint density at radius 1 is 1.11 bits per heavy atom. The Morgan fingerprint density at radius 2 is 1.93 bits per heavy atom. The molecule has 5 nitrogen and oxygen atoms in total. The molecule has 3 aromatic rings. The van der Waals surface area contributed by atoms with Crippen LogP contribution in [0.3, 0.4) is 0 Å². The summed E-state index contributed by atoms with van der Waals surface area (Å²) in [5.74, 6) is 3.48. The van der Waals surface area contributed by atoms with Gasteiger partial charge in [-0.15, -0.1) is 0 Å². The third-order valence-corrected chi connectivity index (χ3v) is 6.85. The SMILES string of the molecule is c1ccc2oc(-c3[nH]ncc3CN3CCC(N4CCSCC4)CC3)cc2c1. The highest BCUT2D eigenvalue weighted by Gasteiger charge is 2.26. The standard InChI is InChI=1S/C21H26N4OS/c1-2-4-19-16(3-1)13-20(26-19)21-17(14-22-23-21)15-24-7-5-18(6-8-24)25-9-11-27-12-10-25/h1-4,13-14,18H,5-12,15H2,(H,22,23). The Morgan fingerprint density at radius 3 is 2.74 bits per heavy atom. The fraction of sp³-hybridized carbons (Fsp3) is 0.476. The van der Waals surface area contributed by atoms with E-state index in [9.17, 15) is 0 Å². The van der Waals surface area contributed by atoms with Gasteiger partial charge in [-0.3, -0.25) is 14.9 Å². The van der Waals surface area contributed by atoms with Gasteiger partial charge in [-0.1, -0.05) is 18.2 Å². The number of nitrogens with one attached hydrogen (secondary N) is 1. The third kappa shape index (κ3) is 3.66. The molecule has 2 aromatic heterocycles. The van der Waals surface area contributed by atoms with Crippen molar-refractivity contribution in [2.45, 2.75) is 25.4 Å². The topological polar surface area (TPSA) is 48.3 Å². The lowest BCUT2D eigenvalue weighted by Gasteiger charge is -2.40. The first-order valence-electron chi connectivity index (χ1n) is 9.92. The van der Waals surface area contributed by atoms with E-state index < -0.39 is 0 Å². The molecule has 4 heterocycles. The van der Waals surface area contributed by atoms with E-state index in [0.29, 0.717) is 0 Å². The zero-order valence-electron chi connectivity index (χ0n) is 15.6. The predicted octanol–water partition coefficient (Wildman–Crippen LogP) is 3.84. The minimum atomic E-state index is 0.779. The minimum Gasteiger partial charge on any atom is -0.454 e. The van der Waals surface area contributed by atoms with Gasteiger partial charge in [-0.2, -0.15) is 16.9 Å². The van der Waals surface area contributed by atoms with E-state index in [1.54, 1.807) is 0 Å². The van der Waals surface area contributed by atoms with Gasteiger partial charge in [0.25, 0.3) is 0 Å². The number of benzene rings is 1. The van der Waals surface area contributed by atoms with Gasteiger partial charge >= 0.3 is 0 Å². The summed E-state index contributed by atoms with van der Waals surface area (Å²) >= 11 is 2.10. The summed E-state index contributed by atoms with van der Waals surface area (Å²) in [6, 6.07) is 11.0. The Balaban J connectivity index is 1.25. The number of hydrogen-bond donors (Lipinski definition) is 1. The van der Waals surface area contributed by atoms with Gasteiger partial charge in [0, 0.05) is 48.1 Å². The molecule has 1 aromatic carbocycles. The maximum Gasteiger partial charge on any atom is 0.153 e. The predicted molar refractivity (Wildman–Crippen MR) is 111 cm³/mol. The number of aromatic nitrogens is 2. The second kappa shape index (κ2) is 7.70. The Labute approximate surface area is 164 Å². The van der Waals surface area contributed by atoms with Crippen LogP contribution in [0.5, 0.6) is 0 Å². The first-order valence-corrected chi connectivity index (χ1v) is 11.1. The van der Waals surface area contributed by atoms with Crippen molar-refractivity contribution in [1.82, 2.24) is 20.0 Å². The molecule has 2 aliphatic heterocycles. The number of furan rings is 1. The first kappa shape index (κ1) is 17.3. The molecule has 1 N–H and O–H groups in total. The molecule has 0 amide bonds. The summed E-state index contributed by atoms with van der Waals surface area (Å²) in [6.07, 6.45) is 4.52. The highest BCUT2D eigenvalue weighted by atomic mass is 32.2. The van der Waals surface area contributed by atoms with Gasteiger partial charge in [0.1, 0.15) is 11.3 Å². The molecule has 0 unspecified atom stereocenters. The number of H-pyrrole nitrogens is 1. The van der Waals surface area contributed by atoms with Crippen molar-refractivity contribution in [3.8, 4) is 11.5 Å². The summed E-state index contributed by atoms with van der Waals surface area (Å²) in [7, 11) is 0. The van der Waals surface area contributed by atoms with Crippen LogP contribution in [-0.4, -0.2) is 63.7 Å². The molecule has 0 bridgehead atoms. The fourth-order valence-corrected chi connectivity index (χ4v) is 5.31. The second-order valence-electron chi connectivity index (χ2n) is 7.57. The van der Waals surface area contributed by atoms with Crippen molar-refractivity contribution in [3.05, 3.63) is 42.1 Å². The van der Waals surface area contributed by atoms with E-state index in [4.69, 9.17) is 4.42 Å². The summed E-state index contributed by atoms with van der Waals surface area (Å²) < 4.78 is 6.04. The number of fused-ring (bicyclic) bond motifs is 1. The summed E-state index contributed by atoms with van der Waals surface area (Å²) in [5.41, 5.74) is 3.16. The van der Waals surface area contributed by atoms with Crippen LogP contribution < -0.4 is 0 Å². The molecular formula is C21H26N4OS. The number of piperidine rings is 1. The molecular weight excluding hydrogens is 356 g/mol. The van der Waals surface area contributed by atoms with Crippen molar-refractivity contribution in [1.29, 1.82) is 0 Å². The third-order valence-electron chi connectivity index (χ3n) is 5.90. The summed E-state index contributed by atoms with van der Waals surface area (Å²) in [6.45, 7) is 5.81. The van der Waals surface area contributed by atoms with E-state index >= 15 is 0 Å². The van der Waals surface area contributed by atoms with Crippen molar-refractivity contribution >= 4 is 22.7 Å². The highest BCUT2D eigenvalue weighted by Crippen LogP contribution is 2.30. The van der Waals surface area contributed by atoms with Crippen LogP contribution in [0.25, 0.3) is 22.4 Å². The molecule has 0 radical (unpaired) electrons. The summed E-state index contributed by atoms with van der Waals surface area (Å²) in [4.78, 5) is 5.28. The Hall–Kier alpha value is -1.76. The molecule has 5 rings (SSSR count). The van der Waals surface area contributed by atoms with Crippen LogP contribution in [0.15, 0.2) is 40.9 Å². The molecule has 0 aliphatic carbocycles. The van der Waals surface area contributed by atoms with Gasteiger partial charge in [-0.25, -0.2) is 0 Å². The Kier molecular flexibility index (Phi) is 4.95. The number of thioether (sulfide) groups is 1. The van der Waals surface area contributed by atoms with Crippen molar-refractivity contribution in [3.63, 3.8) is 0 Å². The lowest BCUT2D eigenvalue weighted by Crippen LogP contribution is -2.47. The maximum absolute atomic E-state index is 6.04. The molecule has 0 atom stereocenters. The monoisotopic (exact) mass is 382 g/mol. The molecule has 2 aliphatic rings. The molecule has 2 saturated heterocycles. The number of rotatable bonds is 4. The Bertz CT molecular complexity index is 857. The molecule has 6 heteroatoms. The van der Waals surface area contributed by atoms with Crippen LogP contribution in [0, 0.1) is 0 Å². The first-order chi connectivity index (χ1) is 13.4. The van der Waals surface area contributed by atoms with Crippen LogP contribution in [-0.2, 0) is 6.54 Å². The minimum absolute atomic E-state index is 0.779. The van der Waals surface area contributed by atoms with Crippen molar-refractivity contribution in [2.75, 3.05) is 37.7 Å². The number of hydrogen-bond acceptors (Lipinski definition) is 5. The average Bonchev–Trinajstić information content (AvgIpc) is 3.35. The van der Waals surface area contributed by atoms with Gasteiger partial charge in [0.15, 0.2) is 5.76 Å². The maximum atomic E-state index is 6.04. The van der Waals surface area contributed by atoms with Gasteiger partial charge in [0.05, 0.1) is 6.20 Å². The number of nitrogens with zero attached hydrogens (tertiary/aromatic N) is 3. The molecule has 142 valence electrons. The quantitative estimate of drug-likeness (QED) is 0.743. The molecule has 27 heavy (non-hydrogen) atoms. The number of para-hydroxylation sites is 1. The van der Waals surface area contributed by atoms with Crippen LogP contribution >= 0.6 is 11.8 Å². The average molecular weight is 383 g/mol. The van der Waals surface area contributed by atoms with Crippen LogP contribution in [0.1, 0.15) is 18.4 Å².